The topological polar surface area (TPSA) is 89.8 Å². The second-order valence-electron chi connectivity index (χ2n) is 4.99. The van der Waals surface area contributed by atoms with Gasteiger partial charge in [-0.15, -0.1) is 5.10 Å². The third kappa shape index (κ3) is 3.33. The maximum Gasteiger partial charge on any atom is 0.150 e. The first kappa shape index (κ1) is 14.3. The van der Waals surface area contributed by atoms with Gasteiger partial charge >= 0.3 is 0 Å². The molecule has 0 aliphatic carbocycles. The average Bonchev–Trinajstić information content (AvgIpc) is 2.97. The zero-order chi connectivity index (χ0) is 14.9. The molecular weight excluding hydrogens is 314 g/mol. The van der Waals surface area contributed by atoms with Crippen molar-refractivity contribution < 1.29 is 8.42 Å². The van der Waals surface area contributed by atoms with E-state index in [0.717, 1.165) is 11.4 Å². The molecule has 1 aromatic carbocycles. The maximum absolute atomic E-state index is 11.4. The minimum Gasteiger partial charge on any atom is -0.381 e. The molecule has 0 bridgehead atoms. The van der Waals surface area contributed by atoms with Crippen molar-refractivity contribution in [3.8, 4) is 5.69 Å². The molecule has 1 aliphatic heterocycles. The molecule has 0 saturated carbocycles. The van der Waals surface area contributed by atoms with Crippen molar-refractivity contribution in [3.63, 3.8) is 0 Å². The molecule has 1 fully saturated rings. The number of benzene rings is 1. The first-order valence-electron chi connectivity index (χ1n) is 6.53. The molecule has 1 aromatic heterocycles. The molecule has 1 aliphatic rings. The summed E-state index contributed by atoms with van der Waals surface area (Å²) in [5.74, 6) is 0.434. The van der Waals surface area contributed by atoms with Crippen LogP contribution < -0.4 is 5.32 Å². The second-order valence-corrected chi connectivity index (χ2v) is 7.70. The number of sulfone groups is 1. The van der Waals surface area contributed by atoms with Crippen molar-refractivity contribution in [3.05, 3.63) is 29.5 Å². The Kier molecular flexibility index (Phi) is 3.81. The van der Waals surface area contributed by atoms with Crippen molar-refractivity contribution in [2.75, 3.05) is 16.8 Å². The van der Waals surface area contributed by atoms with Crippen molar-refractivity contribution in [2.45, 2.75) is 18.9 Å². The highest BCUT2D eigenvalue weighted by molar-refractivity contribution is 7.91. The predicted octanol–water partition coefficient (Wildman–Crippen LogP) is 1.30. The fourth-order valence-corrected chi connectivity index (χ4v) is 3.96. The fraction of sp³-hybridized carbons (Fsp3) is 0.417. The van der Waals surface area contributed by atoms with E-state index in [1.165, 1.54) is 11.0 Å². The number of tetrazole rings is 1. The van der Waals surface area contributed by atoms with Crippen LogP contribution in [-0.4, -0.2) is 46.2 Å². The van der Waals surface area contributed by atoms with Crippen LogP contribution in [0.2, 0.25) is 5.02 Å². The zero-order valence-electron chi connectivity index (χ0n) is 11.1. The summed E-state index contributed by atoms with van der Waals surface area (Å²) >= 11 is 6.19. The SMILES string of the molecule is O=S1(=O)CCC(Nc2cc(-n3cnnn3)ccc2Cl)CC1. The van der Waals surface area contributed by atoms with E-state index in [1.807, 2.05) is 12.1 Å². The average molecular weight is 328 g/mol. The van der Waals surface area contributed by atoms with Crippen LogP contribution in [-0.2, 0) is 9.84 Å². The standard InChI is InChI=1S/C12H14ClN5O2S/c13-11-2-1-10(18-8-14-16-17-18)7-12(11)15-9-3-5-21(19,20)6-4-9/h1-2,7-9,15H,3-6H2. The number of nitrogens with zero attached hydrogens (tertiary/aromatic N) is 4. The summed E-state index contributed by atoms with van der Waals surface area (Å²) < 4.78 is 24.4. The Morgan fingerprint density at radius 2 is 2.05 bits per heavy atom. The van der Waals surface area contributed by atoms with Gasteiger partial charge in [-0.05, 0) is 41.5 Å². The van der Waals surface area contributed by atoms with E-state index in [1.54, 1.807) is 6.07 Å². The molecule has 0 atom stereocenters. The number of aromatic nitrogens is 4. The largest absolute Gasteiger partial charge is 0.381 e. The van der Waals surface area contributed by atoms with Crippen LogP contribution in [0.3, 0.4) is 0 Å². The van der Waals surface area contributed by atoms with Gasteiger partial charge in [-0.1, -0.05) is 11.6 Å². The van der Waals surface area contributed by atoms with E-state index in [4.69, 9.17) is 11.6 Å². The van der Waals surface area contributed by atoms with Gasteiger partial charge in [-0.3, -0.25) is 0 Å². The van der Waals surface area contributed by atoms with Gasteiger partial charge in [0.2, 0.25) is 0 Å². The minimum atomic E-state index is -2.87. The van der Waals surface area contributed by atoms with Gasteiger partial charge in [0.1, 0.15) is 16.2 Å². The van der Waals surface area contributed by atoms with Crippen LogP contribution in [0.5, 0.6) is 0 Å². The van der Waals surface area contributed by atoms with Gasteiger partial charge in [0.25, 0.3) is 0 Å². The lowest BCUT2D eigenvalue weighted by Gasteiger charge is -2.24. The van der Waals surface area contributed by atoms with Gasteiger partial charge in [0.15, 0.2) is 0 Å². The molecule has 21 heavy (non-hydrogen) atoms. The van der Waals surface area contributed by atoms with Crippen LogP contribution >= 0.6 is 11.6 Å². The molecule has 0 spiro atoms. The highest BCUT2D eigenvalue weighted by Gasteiger charge is 2.23. The lowest BCUT2D eigenvalue weighted by molar-refractivity contribution is 0.559. The predicted molar refractivity (Wildman–Crippen MR) is 79.5 cm³/mol. The summed E-state index contributed by atoms with van der Waals surface area (Å²) in [4.78, 5) is 0. The van der Waals surface area contributed by atoms with Crippen LogP contribution in [0.15, 0.2) is 24.5 Å². The summed E-state index contributed by atoms with van der Waals surface area (Å²) in [5.41, 5.74) is 1.55. The number of anilines is 1. The van der Waals surface area contributed by atoms with Crippen LogP contribution in [0.1, 0.15) is 12.8 Å². The van der Waals surface area contributed by atoms with E-state index < -0.39 is 9.84 Å². The van der Waals surface area contributed by atoms with Crippen LogP contribution in [0.4, 0.5) is 5.69 Å². The Labute approximate surface area is 127 Å². The molecule has 2 heterocycles. The molecule has 7 nitrogen and oxygen atoms in total. The lowest BCUT2D eigenvalue weighted by atomic mass is 10.1. The van der Waals surface area contributed by atoms with Crippen LogP contribution in [0, 0.1) is 0 Å². The number of hydrogen-bond donors (Lipinski definition) is 1. The Balaban J connectivity index is 1.78. The lowest BCUT2D eigenvalue weighted by Crippen LogP contribution is -2.32. The zero-order valence-corrected chi connectivity index (χ0v) is 12.7. The van der Waals surface area contributed by atoms with Gasteiger partial charge in [-0.2, -0.15) is 0 Å². The van der Waals surface area contributed by atoms with Crippen molar-refractivity contribution in [1.29, 1.82) is 0 Å². The van der Waals surface area contributed by atoms with Gasteiger partial charge in [-0.25, -0.2) is 13.1 Å². The van der Waals surface area contributed by atoms with E-state index in [0.29, 0.717) is 17.9 Å². The van der Waals surface area contributed by atoms with Gasteiger partial charge in [0.05, 0.1) is 27.9 Å². The molecule has 0 amide bonds. The molecule has 1 N–H and O–H groups in total. The summed E-state index contributed by atoms with van der Waals surface area (Å²) in [5, 5.41) is 14.9. The molecule has 1 saturated heterocycles. The Morgan fingerprint density at radius 1 is 1.29 bits per heavy atom. The molecular formula is C12H14ClN5O2S. The Morgan fingerprint density at radius 3 is 2.71 bits per heavy atom. The van der Waals surface area contributed by atoms with Crippen molar-refractivity contribution in [2.24, 2.45) is 0 Å². The van der Waals surface area contributed by atoms with E-state index in [2.05, 4.69) is 20.8 Å². The minimum absolute atomic E-state index is 0.107. The number of rotatable bonds is 3. The number of hydrogen-bond acceptors (Lipinski definition) is 6. The monoisotopic (exact) mass is 327 g/mol. The van der Waals surface area contributed by atoms with E-state index in [-0.39, 0.29) is 17.5 Å². The first-order chi connectivity index (χ1) is 10.0. The molecule has 2 aromatic rings. The Bertz CT molecular complexity index is 718. The molecule has 0 unspecified atom stereocenters. The molecule has 112 valence electrons. The third-order valence-corrected chi connectivity index (χ3v) is 5.52. The highest BCUT2D eigenvalue weighted by atomic mass is 35.5. The number of halogens is 1. The van der Waals surface area contributed by atoms with Gasteiger partial charge in [0, 0.05) is 6.04 Å². The summed E-state index contributed by atoms with van der Waals surface area (Å²) in [6, 6.07) is 5.53. The highest BCUT2D eigenvalue weighted by Crippen LogP contribution is 2.27. The molecule has 3 rings (SSSR count). The van der Waals surface area contributed by atoms with Crippen molar-refractivity contribution >= 4 is 27.1 Å². The molecule has 0 radical (unpaired) electrons. The first-order valence-corrected chi connectivity index (χ1v) is 8.73. The van der Waals surface area contributed by atoms with E-state index in [9.17, 15) is 8.42 Å². The summed E-state index contributed by atoms with van der Waals surface area (Å²) in [6.07, 6.45) is 2.68. The third-order valence-electron chi connectivity index (χ3n) is 3.48. The summed E-state index contributed by atoms with van der Waals surface area (Å²) in [6.45, 7) is 0. The normalized spacial score (nSPS) is 18.5. The van der Waals surface area contributed by atoms with E-state index >= 15 is 0 Å². The quantitative estimate of drug-likeness (QED) is 0.914. The maximum atomic E-state index is 11.4. The second kappa shape index (κ2) is 5.61. The van der Waals surface area contributed by atoms with Crippen molar-refractivity contribution in [1.82, 2.24) is 20.2 Å². The smallest absolute Gasteiger partial charge is 0.150 e. The van der Waals surface area contributed by atoms with Crippen LogP contribution in [0.25, 0.3) is 5.69 Å². The number of nitrogens with one attached hydrogen (secondary N) is 1. The summed E-state index contributed by atoms with van der Waals surface area (Å²) in [7, 11) is -2.87. The Hall–Kier alpha value is -1.67. The molecule has 9 heteroatoms. The fourth-order valence-electron chi connectivity index (χ4n) is 2.30. The van der Waals surface area contributed by atoms with Gasteiger partial charge < -0.3 is 5.32 Å².